The van der Waals surface area contributed by atoms with E-state index >= 15 is 0 Å². The van der Waals surface area contributed by atoms with Gasteiger partial charge in [-0.1, -0.05) is 12.1 Å². The van der Waals surface area contributed by atoms with Crippen LogP contribution in [-0.4, -0.2) is 43.9 Å². The lowest BCUT2D eigenvalue weighted by Gasteiger charge is -2.37. The van der Waals surface area contributed by atoms with Crippen LogP contribution in [0.25, 0.3) is 0 Å². The summed E-state index contributed by atoms with van der Waals surface area (Å²) in [7, 11) is -3.44. The van der Waals surface area contributed by atoms with Crippen LogP contribution < -0.4 is 0 Å². The smallest absolute Gasteiger partial charge is 0.243 e. The SMILES string of the molecule is CC1(C)CN(S(=O)(=O)c2ccc(CCCCl)cc2)CCO1. The monoisotopic (exact) mass is 331 g/mol. The van der Waals surface area contributed by atoms with Crippen molar-refractivity contribution in [3.05, 3.63) is 29.8 Å². The Labute approximate surface area is 132 Å². The zero-order valence-corrected chi connectivity index (χ0v) is 14.1. The molecule has 0 saturated carbocycles. The maximum absolute atomic E-state index is 12.6. The van der Waals surface area contributed by atoms with E-state index in [1.807, 2.05) is 26.0 Å². The highest BCUT2D eigenvalue weighted by Gasteiger charge is 2.34. The molecule has 4 nitrogen and oxygen atoms in total. The zero-order valence-electron chi connectivity index (χ0n) is 12.5. The molecule has 1 aromatic carbocycles. The summed E-state index contributed by atoms with van der Waals surface area (Å²) in [4.78, 5) is 0.342. The van der Waals surface area contributed by atoms with E-state index in [2.05, 4.69) is 0 Å². The molecule has 1 aromatic rings. The minimum absolute atomic E-state index is 0.342. The molecular formula is C15H22ClNO3S. The first kappa shape index (κ1) is 16.7. The van der Waals surface area contributed by atoms with Gasteiger partial charge in [0, 0.05) is 19.0 Å². The standard InChI is InChI=1S/C15H22ClNO3S/c1-15(2)12-17(10-11-20-15)21(18,19)14-7-5-13(6-8-14)4-3-9-16/h5-8H,3-4,9-12H2,1-2H3. The summed E-state index contributed by atoms with van der Waals surface area (Å²) in [5, 5.41) is 0. The van der Waals surface area contributed by atoms with Crippen molar-refractivity contribution < 1.29 is 13.2 Å². The van der Waals surface area contributed by atoms with E-state index in [9.17, 15) is 8.42 Å². The van der Waals surface area contributed by atoms with Crippen molar-refractivity contribution in [2.75, 3.05) is 25.6 Å². The van der Waals surface area contributed by atoms with E-state index in [4.69, 9.17) is 16.3 Å². The van der Waals surface area contributed by atoms with Gasteiger partial charge in [-0.25, -0.2) is 8.42 Å². The van der Waals surface area contributed by atoms with Gasteiger partial charge in [-0.3, -0.25) is 0 Å². The highest BCUT2D eigenvalue weighted by molar-refractivity contribution is 7.89. The second-order valence-corrected chi connectivity index (χ2v) is 8.20. The third-order valence-electron chi connectivity index (χ3n) is 3.55. The summed E-state index contributed by atoms with van der Waals surface area (Å²) in [6.45, 7) is 5.02. The number of alkyl halides is 1. The highest BCUT2D eigenvalue weighted by Crippen LogP contribution is 2.23. The van der Waals surface area contributed by atoms with Gasteiger partial charge < -0.3 is 4.74 Å². The molecule has 0 N–H and O–H groups in total. The molecule has 1 aliphatic heterocycles. The van der Waals surface area contributed by atoms with Crippen LogP contribution in [0.3, 0.4) is 0 Å². The number of halogens is 1. The summed E-state index contributed by atoms with van der Waals surface area (Å²) in [5.41, 5.74) is 0.669. The van der Waals surface area contributed by atoms with E-state index in [1.165, 1.54) is 4.31 Å². The van der Waals surface area contributed by atoms with Crippen LogP contribution in [0, 0.1) is 0 Å². The number of hydrogen-bond acceptors (Lipinski definition) is 3. The molecule has 1 aliphatic rings. The number of morpholine rings is 1. The van der Waals surface area contributed by atoms with Gasteiger partial charge in [-0.15, -0.1) is 11.6 Å². The van der Waals surface area contributed by atoms with Crippen molar-refractivity contribution in [2.24, 2.45) is 0 Å². The number of rotatable bonds is 5. The fourth-order valence-electron chi connectivity index (χ4n) is 2.43. The lowest BCUT2D eigenvalue weighted by Crippen LogP contribution is -2.50. The molecule has 0 radical (unpaired) electrons. The van der Waals surface area contributed by atoms with Crippen LogP contribution in [0.5, 0.6) is 0 Å². The lowest BCUT2D eigenvalue weighted by molar-refractivity contribution is -0.0640. The van der Waals surface area contributed by atoms with Crippen LogP contribution >= 0.6 is 11.6 Å². The van der Waals surface area contributed by atoms with Crippen molar-refractivity contribution >= 4 is 21.6 Å². The molecule has 1 fully saturated rings. The quantitative estimate of drug-likeness (QED) is 0.779. The third-order valence-corrected chi connectivity index (χ3v) is 5.68. The molecule has 0 bridgehead atoms. The van der Waals surface area contributed by atoms with Crippen LogP contribution in [0.2, 0.25) is 0 Å². The molecule has 0 unspecified atom stereocenters. The first-order valence-electron chi connectivity index (χ1n) is 7.14. The van der Waals surface area contributed by atoms with Gasteiger partial charge >= 0.3 is 0 Å². The Morgan fingerprint density at radius 1 is 1.29 bits per heavy atom. The van der Waals surface area contributed by atoms with Crippen LogP contribution in [0.1, 0.15) is 25.8 Å². The van der Waals surface area contributed by atoms with Crippen molar-refractivity contribution in [3.8, 4) is 0 Å². The van der Waals surface area contributed by atoms with E-state index < -0.39 is 15.6 Å². The predicted molar refractivity (Wildman–Crippen MR) is 84.3 cm³/mol. The fraction of sp³-hybridized carbons (Fsp3) is 0.600. The Kier molecular flexibility index (Phi) is 5.30. The van der Waals surface area contributed by atoms with Gasteiger partial charge in [-0.2, -0.15) is 4.31 Å². The fourth-order valence-corrected chi connectivity index (χ4v) is 4.13. The Balaban J connectivity index is 2.15. The van der Waals surface area contributed by atoms with Gasteiger partial charge in [0.1, 0.15) is 0 Å². The normalized spacial score (nSPS) is 19.6. The van der Waals surface area contributed by atoms with Crippen LogP contribution in [0.4, 0.5) is 0 Å². The van der Waals surface area contributed by atoms with Gasteiger partial charge in [0.2, 0.25) is 10.0 Å². The van der Waals surface area contributed by atoms with Crippen molar-refractivity contribution in [1.82, 2.24) is 4.31 Å². The number of ether oxygens (including phenoxy) is 1. The van der Waals surface area contributed by atoms with E-state index in [0.29, 0.717) is 30.5 Å². The first-order chi connectivity index (χ1) is 9.85. The molecule has 6 heteroatoms. The summed E-state index contributed by atoms with van der Waals surface area (Å²) in [6.07, 6.45) is 1.76. The van der Waals surface area contributed by atoms with Crippen LogP contribution in [-0.2, 0) is 21.2 Å². The van der Waals surface area contributed by atoms with Gasteiger partial charge in [0.15, 0.2) is 0 Å². The molecule has 0 atom stereocenters. The molecule has 0 spiro atoms. The minimum atomic E-state index is -3.44. The molecule has 1 heterocycles. The second kappa shape index (κ2) is 6.65. The molecule has 1 saturated heterocycles. The Bertz CT molecular complexity index is 569. The molecule has 0 amide bonds. The van der Waals surface area contributed by atoms with Gasteiger partial charge in [0.05, 0.1) is 17.1 Å². The van der Waals surface area contributed by atoms with Gasteiger partial charge in [0.25, 0.3) is 0 Å². The third kappa shape index (κ3) is 4.19. The number of sulfonamides is 1. The molecule has 2 rings (SSSR count). The van der Waals surface area contributed by atoms with E-state index in [0.717, 1.165) is 18.4 Å². The van der Waals surface area contributed by atoms with Crippen LogP contribution in [0.15, 0.2) is 29.2 Å². The highest BCUT2D eigenvalue weighted by atomic mass is 35.5. The minimum Gasteiger partial charge on any atom is -0.373 e. The predicted octanol–water partition coefficient (Wildman–Crippen LogP) is 2.66. The number of nitrogens with zero attached hydrogens (tertiary/aromatic N) is 1. The van der Waals surface area contributed by atoms with Gasteiger partial charge in [-0.05, 0) is 44.4 Å². The number of benzene rings is 1. The van der Waals surface area contributed by atoms with E-state index in [1.54, 1.807) is 12.1 Å². The molecule has 0 aromatic heterocycles. The number of aryl methyl sites for hydroxylation is 1. The maximum Gasteiger partial charge on any atom is 0.243 e. The Hall–Kier alpha value is -0.620. The topological polar surface area (TPSA) is 46.6 Å². The summed E-state index contributed by atoms with van der Waals surface area (Å²) in [6, 6.07) is 7.10. The van der Waals surface area contributed by atoms with Crippen molar-refractivity contribution in [2.45, 2.75) is 37.2 Å². The summed E-state index contributed by atoms with van der Waals surface area (Å²) < 4.78 is 32.4. The van der Waals surface area contributed by atoms with Crippen molar-refractivity contribution in [1.29, 1.82) is 0 Å². The maximum atomic E-state index is 12.6. The van der Waals surface area contributed by atoms with E-state index in [-0.39, 0.29) is 0 Å². The Morgan fingerprint density at radius 2 is 1.95 bits per heavy atom. The lowest BCUT2D eigenvalue weighted by atomic mass is 10.1. The second-order valence-electron chi connectivity index (χ2n) is 5.88. The summed E-state index contributed by atoms with van der Waals surface area (Å²) in [5.74, 6) is 0.614. The van der Waals surface area contributed by atoms with Crippen molar-refractivity contribution in [3.63, 3.8) is 0 Å². The zero-order chi connectivity index (χ0) is 15.5. The average Bonchev–Trinajstić information content (AvgIpc) is 2.44. The molecule has 21 heavy (non-hydrogen) atoms. The molecule has 118 valence electrons. The largest absolute Gasteiger partial charge is 0.373 e. The molecule has 0 aliphatic carbocycles. The Morgan fingerprint density at radius 3 is 2.52 bits per heavy atom. The number of hydrogen-bond donors (Lipinski definition) is 0. The first-order valence-corrected chi connectivity index (χ1v) is 9.12. The molecular weight excluding hydrogens is 310 g/mol. The average molecular weight is 332 g/mol. The summed E-state index contributed by atoms with van der Waals surface area (Å²) >= 11 is 5.67.